The average molecular weight is 502 g/mol. The lowest BCUT2D eigenvalue weighted by atomic mass is 9.95. The Labute approximate surface area is 224 Å². The Kier molecular flexibility index (Phi) is 17.4. The van der Waals surface area contributed by atoms with Crippen molar-refractivity contribution < 1.29 is 9.53 Å². The fourth-order valence-electron chi connectivity index (χ4n) is 4.99. The number of nitrogens with zero attached hydrogens (tertiary/aromatic N) is 1. The van der Waals surface area contributed by atoms with Gasteiger partial charge in [0.25, 0.3) is 0 Å². The standard InChI is InChI=1S/C32H57N2O2/c1-8-15-18-26(11-4)24-34(25-27(12-5)19-16-9-2)30-23-29(21-22-31(30)36-14-7)33-32(35)28(13-6)20-17-10-3/h22-23,26-28H,8-20,24-25H2,1-7H3,(H,33,35). The van der Waals surface area contributed by atoms with Crippen LogP contribution in [0.2, 0.25) is 0 Å². The number of hydrogen-bond donors (Lipinski definition) is 1. The fourth-order valence-corrected chi connectivity index (χ4v) is 4.99. The van der Waals surface area contributed by atoms with E-state index in [1.807, 2.05) is 13.0 Å². The number of carbonyl (C=O) groups excluding carboxylic acids is 1. The Morgan fingerprint density at radius 2 is 1.42 bits per heavy atom. The summed E-state index contributed by atoms with van der Waals surface area (Å²) in [5.41, 5.74) is 1.87. The molecule has 1 amide bonds. The molecule has 1 N–H and O–H groups in total. The lowest BCUT2D eigenvalue weighted by molar-refractivity contribution is -0.120. The van der Waals surface area contributed by atoms with Gasteiger partial charge in [-0.15, -0.1) is 0 Å². The van der Waals surface area contributed by atoms with E-state index in [0.29, 0.717) is 18.4 Å². The van der Waals surface area contributed by atoms with E-state index in [1.54, 1.807) is 0 Å². The van der Waals surface area contributed by atoms with Crippen LogP contribution in [0.15, 0.2) is 12.1 Å². The molecular formula is C32H57N2O2. The summed E-state index contributed by atoms with van der Waals surface area (Å²) in [4.78, 5) is 15.6. The van der Waals surface area contributed by atoms with Gasteiger partial charge in [0.1, 0.15) is 5.75 Å². The Balaban J connectivity index is 3.31. The van der Waals surface area contributed by atoms with Crippen LogP contribution in [0.3, 0.4) is 0 Å². The largest absolute Gasteiger partial charge is 0.492 e. The molecule has 207 valence electrons. The van der Waals surface area contributed by atoms with Crippen LogP contribution in [0.25, 0.3) is 0 Å². The van der Waals surface area contributed by atoms with E-state index in [0.717, 1.165) is 55.9 Å². The monoisotopic (exact) mass is 501 g/mol. The minimum Gasteiger partial charge on any atom is -0.492 e. The molecule has 0 aliphatic rings. The van der Waals surface area contributed by atoms with Crippen LogP contribution in [-0.2, 0) is 4.79 Å². The minimum atomic E-state index is 0.0569. The van der Waals surface area contributed by atoms with Crippen LogP contribution < -0.4 is 15.0 Å². The zero-order valence-electron chi connectivity index (χ0n) is 24.8. The molecule has 0 aromatic heterocycles. The van der Waals surface area contributed by atoms with Crippen molar-refractivity contribution >= 4 is 17.3 Å². The van der Waals surface area contributed by atoms with Gasteiger partial charge in [-0.2, -0.15) is 0 Å². The van der Waals surface area contributed by atoms with E-state index in [9.17, 15) is 4.79 Å². The molecule has 3 atom stereocenters. The van der Waals surface area contributed by atoms with Gasteiger partial charge < -0.3 is 15.0 Å². The number of rotatable bonds is 21. The second-order valence-corrected chi connectivity index (χ2v) is 10.5. The van der Waals surface area contributed by atoms with Crippen LogP contribution in [0.5, 0.6) is 5.75 Å². The first-order chi connectivity index (χ1) is 17.5. The number of unbranched alkanes of at least 4 members (excludes halogenated alkanes) is 3. The van der Waals surface area contributed by atoms with Gasteiger partial charge in [-0.25, -0.2) is 0 Å². The Hall–Kier alpha value is -1.71. The van der Waals surface area contributed by atoms with Gasteiger partial charge >= 0.3 is 0 Å². The third-order valence-corrected chi connectivity index (χ3v) is 7.60. The Bertz CT molecular complexity index is 687. The highest BCUT2D eigenvalue weighted by molar-refractivity contribution is 5.93. The molecule has 1 aromatic rings. The number of nitrogens with one attached hydrogen (secondary N) is 1. The summed E-state index contributed by atoms with van der Waals surface area (Å²) >= 11 is 0. The smallest absolute Gasteiger partial charge is 0.227 e. The van der Waals surface area contributed by atoms with Crippen LogP contribution >= 0.6 is 0 Å². The van der Waals surface area contributed by atoms with E-state index < -0.39 is 0 Å². The highest BCUT2D eigenvalue weighted by Crippen LogP contribution is 2.34. The predicted octanol–water partition coefficient (Wildman–Crippen LogP) is 9.28. The predicted molar refractivity (Wildman–Crippen MR) is 157 cm³/mol. The van der Waals surface area contributed by atoms with Crippen molar-refractivity contribution in [2.45, 2.75) is 126 Å². The number of hydrogen-bond acceptors (Lipinski definition) is 3. The van der Waals surface area contributed by atoms with E-state index >= 15 is 0 Å². The summed E-state index contributed by atoms with van der Waals surface area (Å²) in [6.45, 7) is 18.2. The summed E-state index contributed by atoms with van der Waals surface area (Å²) < 4.78 is 6.11. The van der Waals surface area contributed by atoms with Gasteiger partial charge in [0.2, 0.25) is 5.91 Å². The topological polar surface area (TPSA) is 41.6 Å². The molecule has 0 aliphatic heterocycles. The SMILES string of the molecule is CCCCC(CC)CN(CC(CC)CCCC)c1cc(NC(=O)C(CC)CCCC)[c]cc1OCC. The maximum absolute atomic E-state index is 13.1. The van der Waals surface area contributed by atoms with E-state index in [4.69, 9.17) is 4.74 Å². The second-order valence-electron chi connectivity index (χ2n) is 10.5. The second kappa shape index (κ2) is 19.4. The van der Waals surface area contributed by atoms with E-state index in [1.165, 1.54) is 51.4 Å². The normalized spacial score (nSPS) is 13.8. The van der Waals surface area contributed by atoms with Crippen LogP contribution in [0.4, 0.5) is 11.4 Å². The number of amides is 1. The van der Waals surface area contributed by atoms with Crippen molar-refractivity contribution in [1.82, 2.24) is 0 Å². The molecule has 4 nitrogen and oxygen atoms in total. The van der Waals surface area contributed by atoms with Crippen LogP contribution in [0, 0.1) is 23.8 Å². The van der Waals surface area contributed by atoms with Crippen molar-refractivity contribution in [2.24, 2.45) is 17.8 Å². The first-order valence-electron chi connectivity index (χ1n) is 15.2. The third-order valence-electron chi connectivity index (χ3n) is 7.60. The zero-order chi connectivity index (χ0) is 26.8. The first kappa shape index (κ1) is 32.3. The molecule has 36 heavy (non-hydrogen) atoms. The quantitative estimate of drug-likeness (QED) is 0.182. The maximum atomic E-state index is 13.1. The summed E-state index contributed by atoms with van der Waals surface area (Å²) in [6, 6.07) is 7.36. The van der Waals surface area contributed by atoms with Crippen molar-refractivity contribution in [3.63, 3.8) is 0 Å². The van der Waals surface area contributed by atoms with Gasteiger partial charge in [-0.3, -0.25) is 4.79 Å². The molecule has 4 heteroatoms. The van der Waals surface area contributed by atoms with Crippen LogP contribution in [-0.4, -0.2) is 25.6 Å². The molecule has 0 saturated carbocycles. The van der Waals surface area contributed by atoms with Crippen molar-refractivity contribution in [1.29, 1.82) is 0 Å². The summed E-state index contributed by atoms with van der Waals surface area (Å²) in [7, 11) is 0. The van der Waals surface area contributed by atoms with Gasteiger partial charge in [-0.05, 0) is 56.6 Å². The first-order valence-corrected chi connectivity index (χ1v) is 15.2. The minimum absolute atomic E-state index is 0.0569. The van der Waals surface area contributed by atoms with E-state index in [-0.39, 0.29) is 11.8 Å². The lowest BCUT2D eigenvalue weighted by Crippen LogP contribution is -2.34. The molecule has 0 heterocycles. The molecule has 3 unspecified atom stereocenters. The van der Waals surface area contributed by atoms with Crippen molar-refractivity contribution in [2.75, 3.05) is 29.9 Å². The number of benzene rings is 1. The van der Waals surface area contributed by atoms with Crippen molar-refractivity contribution in [3.8, 4) is 5.75 Å². The molecule has 0 aliphatic carbocycles. The molecule has 1 rings (SSSR count). The molecule has 0 fully saturated rings. The maximum Gasteiger partial charge on any atom is 0.227 e. The average Bonchev–Trinajstić information content (AvgIpc) is 2.89. The molecule has 1 aromatic carbocycles. The van der Waals surface area contributed by atoms with Crippen molar-refractivity contribution in [3.05, 3.63) is 18.2 Å². The van der Waals surface area contributed by atoms with Gasteiger partial charge in [0.15, 0.2) is 0 Å². The number of carbonyl (C=O) groups is 1. The summed E-state index contributed by atoms with van der Waals surface area (Å²) in [5.74, 6) is 2.37. The highest BCUT2D eigenvalue weighted by Gasteiger charge is 2.22. The molecule has 0 bridgehead atoms. The number of anilines is 2. The molecule has 0 spiro atoms. The van der Waals surface area contributed by atoms with E-state index in [2.05, 4.69) is 63.9 Å². The van der Waals surface area contributed by atoms with Crippen LogP contribution in [0.1, 0.15) is 126 Å². The summed E-state index contributed by atoms with van der Waals surface area (Å²) in [5, 5.41) is 3.19. The lowest BCUT2D eigenvalue weighted by Gasteiger charge is -2.34. The molecule has 1 radical (unpaired) electrons. The Morgan fingerprint density at radius 1 is 0.861 bits per heavy atom. The van der Waals surface area contributed by atoms with Gasteiger partial charge in [-0.1, -0.05) is 92.9 Å². The van der Waals surface area contributed by atoms with Gasteiger partial charge in [0.05, 0.1) is 18.0 Å². The summed E-state index contributed by atoms with van der Waals surface area (Å²) in [6.07, 6.45) is 13.9. The third kappa shape index (κ3) is 11.6. The Morgan fingerprint density at radius 3 is 1.89 bits per heavy atom. The number of ether oxygens (including phenoxy) is 1. The van der Waals surface area contributed by atoms with Gasteiger partial charge in [0, 0.05) is 25.1 Å². The fraction of sp³-hybridized carbons (Fsp3) is 0.781. The highest BCUT2D eigenvalue weighted by atomic mass is 16.5. The zero-order valence-corrected chi connectivity index (χ0v) is 24.8. The molecular weight excluding hydrogens is 444 g/mol. The molecule has 0 saturated heterocycles.